The lowest BCUT2D eigenvalue weighted by molar-refractivity contribution is 0.196. The largest absolute Gasteiger partial charge is 0.474 e. The first-order valence-corrected chi connectivity index (χ1v) is 4.07. The Kier molecular flexibility index (Phi) is 3.44. The summed E-state index contributed by atoms with van der Waals surface area (Å²) in [4.78, 5) is 3.75. The van der Waals surface area contributed by atoms with Crippen molar-refractivity contribution in [3.63, 3.8) is 0 Å². The van der Waals surface area contributed by atoms with Crippen molar-refractivity contribution in [3.8, 4) is 18.0 Å². The molecular formula is C9H8N4O2. The number of ether oxygens (including phenoxy) is 1. The topological polar surface area (TPSA) is 116 Å². The van der Waals surface area contributed by atoms with Crippen LogP contribution in [0.2, 0.25) is 0 Å². The van der Waals surface area contributed by atoms with Gasteiger partial charge in [-0.05, 0) is 6.07 Å². The van der Waals surface area contributed by atoms with Gasteiger partial charge in [0.2, 0.25) is 5.88 Å². The van der Waals surface area contributed by atoms with Gasteiger partial charge in [0, 0.05) is 0 Å². The zero-order chi connectivity index (χ0) is 11.3. The van der Waals surface area contributed by atoms with E-state index in [1.54, 1.807) is 0 Å². The predicted octanol–water partition coefficient (Wildman–Crippen LogP) is -0.222. The number of rotatable bonds is 3. The van der Waals surface area contributed by atoms with Gasteiger partial charge in [-0.2, -0.15) is 15.5 Å². The molecule has 76 valence electrons. The molecule has 0 aliphatic rings. The molecule has 0 bridgehead atoms. The molecule has 6 nitrogen and oxygen atoms in total. The van der Waals surface area contributed by atoms with Gasteiger partial charge in [-0.3, -0.25) is 0 Å². The summed E-state index contributed by atoms with van der Waals surface area (Å²) in [6, 6.07) is 4.94. The van der Waals surface area contributed by atoms with E-state index < -0.39 is 0 Å². The van der Waals surface area contributed by atoms with Gasteiger partial charge in [-0.1, -0.05) is 0 Å². The Morgan fingerprint density at radius 1 is 1.40 bits per heavy atom. The average Bonchev–Trinajstić information content (AvgIpc) is 2.26. The van der Waals surface area contributed by atoms with E-state index in [1.165, 1.54) is 6.07 Å². The second-order valence-electron chi connectivity index (χ2n) is 2.57. The lowest BCUT2D eigenvalue weighted by Gasteiger charge is -2.06. The van der Waals surface area contributed by atoms with Gasteiger partial charge in [-0.15, -0.1) is 0 Å². The molecule has 1 aromatic rings. The molecule has 0 spiro atoms. The number of pyridine rings is 1. The normalized spacial score (nSPS) is 9.00. The van der Waals surface area contributed by atoms with Gasteiger partial charge in [0.25, 0.3) is 0 Å². The highest BCUT2D eigenvalue weighted by Gasteiger charge is 2.10. The van der Waals surface area contributed by atoms with Gasteiger partial charge in [0.1, 0.15) is 30.1 Å². The van der Waals surface area contributed by atoms with Crippen LogP contribution in [-0.4, -0.2) is 23.3 Å². The monoisotopic (exact) mass is 204 g/mol. The number of aromatic nitrogens is 1. The van der Waals surface area contributed by atoms with E-state index in [9.17, 15) is 0 Å². The molecule has 1 aromatic heterocycles. The Hall–Kier alpha value is -2.31. The number of nitrogens with zero attached hydrogens (tertiary/aromatic N) is 3. The standard InChI is InChI=1S/C9H8N4O2/c10-4-6-3-7(5-11)9(13-8(6)12)15-2-1-14/h3,14H,1-2H2,(H2,12,13). The van der Waals surface area contributed by atoms with Crippen LogP contribution in [0.3, 0.4) is 0 Å². The zero-order valence-electron chi connectivity index (χ0n) is 7.77. The van der Waals surface area contributed by atoms with Crippen LogP contribution in [0.25, 0.3) is 0 Å². The predicted molar refractivity (Wildman–Crippen MR) is 50.7 cm³/mol. The van der Waals surface area contributed by atoms with Crippen LogP contribution in [0.5, 0.6) is 5.88 Å². The van der Waals surface area contributed by atoms with Crippen molar-refractivity contribution in [2.45, 2.75) is 0 Å². The molecule has 0 aliphatic heterocycles. The van der Waals surface area contributed by atoms with Gasteiger partial charge >= 0.3 is 0 Å². The highest BCUT2D eigenvalue weighted by molar-refractivity contribution is 5.55. The molecule has 0 atom stereocenters. The molecule has 0 aliphatic carbocycles. The molecule has 0 saturated heterocycles. The maximum atomic E-state index is 8.75. The summed E-state index contributed by atoms with van der Waals surface area (Å²) in [6.45, 7) is -0.167. The third kappa shape index (κ3) is 2.33. The second kappa shape index (κ2) is 4.80. The Labute approximate surface area is 86.1 Å². The number of anilines is 1. The molecule has 0 aromatic carbocycles. The average molecular weight is 204 g/mol. The summed E-state index contributed by atoms with van der Waals surface area (Å²) < 4.78 is 4.98. The van der Waals surface area contributed by atoms with Crippen LogP contribution in [0.15, 0.2) is 6.07 Å². The molecule has 15 heavy (non-hydrogen) atoms. The molecule has 6 heteroatoms. The molecule has 1 rings (SSSR count). The Morgan fingerprint density at radius 3 is 2.60 bits per heavy atom. The molecule has 0 saturated carbocycles. The van der Waals surface area contributed by atoms with Gasteiger partial charge in [0.15, 0.2) is 0 Å². The number of aliphatic hydroxyl groups is 1. The second-order valence-corrected chi connectivity index (χ2v) is 2.57. The van der Waals surface area contributed by atoms with Crippen molar-refractivity contribution in [1.29, 1.82) is 10.5 Å². The van der Waals surface area contributed by atoms with Crippen molar-refractivity contribution in [1.82, 2.24) is 4.98 Å². The van der Waals surface area contributed by atoms with Crippen molar-refractivity contribution >= 4 is 5.82 Å². The SMILES string of the molecule is N#Cc1cc(C#N)c(OCCO)nc1N. The van der Waals surface area contributed by atoms with Crippen molar-refractivity contribution < 1.29 is 9.84 Å². The van der Waals surface area contributed by atoms with Gasteiger partial charge in [-0.25, -0.2) is 0 Å². The molecule has 0 amide bonds. The first-order chi connectivity index (χ1) is 7.22. The minimum absolute atomic E-state index is 0.00411. The van der Waals surface area contributed by atoms with Crippen LogP contribution in [-0.2, 0) is 0 Å². The quantitative estimate of drug-likeness (QED) is 0.702. The molecular weight excluding hydrogens is 196 g/mol. The summed E-state index contributed by atoms with van der Waals surface area (Å²) in [5.74, 6) is 0.0347. The van der Waals surface area contributed by atoms with Crippen LogP contribution in [0, 0.1) is 22.7 Å². The fourth-order valence-electron chi connectivity index (χ4n) is 0.932. The molecule has 3 N–H and O–H groups in total. The molecule has 0 unspecified atom stereocenters. The first-order valence-electron chi connectivity index (χ1n) is 4.07. The maximum absolute atomic E-state index is 8.75. The maximum Gasteiger partial charge on any atom is 0.233 e. The number of aliphatic hydroxyl groups excluding tert-OH is 1. The van der Waals surface area contributed by atoms with Crippen molar-refractivity contribution in [3.05, 3.63) is 17.2 Å². The fourth-order valence-corrected chi connectivity index (χ4v) is 0.932. The van der Waals surface area contributed by atoms with Crippen LogP contribution in [0.4, 0.5) is 5.82 Å². The van der Waals surface area contributed by atoms with E-state index in [4.69, 9.17) is 26.1 Å². The smallest absolute Gasteiger partial charge is 0.233 e. The Morgan fingerprint density at radius 2 is 2.07 bits per heavy atom. The molecule has 0 fully saturated rings. The lowest BCUT2D eigenvalue weighted by Crippen LogP contribution is -2.07. The number of nitrogens with two attached hydrogens (primary N) is 1. The number of nitrogen functional groups attached to an aromatic ring is 1. The van der Waals surface area contributed by atoms with E-state index >= 15 is 0 Å². The van der Waals surface area contributed by atoms with E-state index in [-0.39, 0.29) is 36.0 Å². The van der Waals surface area contributed by atoms with Crippen LogP contribution in [0.1, 0.15) is 11.1 Å². The van der Waals surface area contributed by atoms with E-state index in [1.807, 2.05) is 12.1 Å². The van der Waals surface area contributed by atoms with E-state index in [2.05, 4.69) is 4.98 Å². The third-order valence-electron chi connectivity index (χ3n) is 1.59. The van der Waals surface area contributed by atoms with Crippen molar-refractivity contribution in [2.75, 3.05) is 18.9 Å². The fraction of sp³-hybridized carbons (Fsp3) is 0.222. The van der Waals surface area contributed by atoms with Gasteiger partial charge < -0.3 is 15.6 Å². The summed E-state index contributed by atoms with van der Waals surface area (Å²) in [7, 11) is 0. The third-order valence-corrected chi connectivity index (χ3v) is 1.59. The van der Waals surface area contributed by atoms with Crippen LogP contribution < -0.4 is 10.5 Å². The number of hydrogen-bond donors (Lipinski definition) is 2. The van der Waals surface area contributed by atoms with E-state index in [0.29, 0.717) is 0 Å². The summed E-state index contributed by atoms with van der Waals surface area (Å²) >= 11 is 0. The minimum atomic E-state index is -0.188. The Balaban J connectivity index is 3.12. The number of nitriles is 2. The molecule has 0 radical (unpaired) electrons. The van der Waals surface area contributed by atoms with Crippen LogP contribution >= 0.6 is 0 Å². The summed E-state index contributed by atoms with van der Waals surface area (Å²) in [5, 5.41) is 25.9. The Bertz CT molecular complexity index is 445. The highest BCUT2D eigenvalue weighted by Crippen LogP contribution is 2.19. The van der Waals surface area contributed by atoms with Crippen molar-refractivity contribution in [2.24, 2.45) is 0 Å². The summed E-state index contributed by atoms with van der Waals surface area (Å²) in [6.07, 6.45) is 0. The zero-order valence-corrected chi connectivity index (χ0v) is 7.77. The van der Waals surface area contributed by atoms with Gasteiger partial charge in [0.05, 0.1) is 12.2 Å². The number of hydrogen-bond acceptors (Lipinski definition) is 6. The molecule has 1 heterocycles. The summed E-state index contributed by atoms with van der Waals surface area (Å²) in [5.41, 5.74) is 5.69. The first kappa shape index (κ1) is 10.8. The lowest BCUT2D eigenvalue weighted by atomic mass is 10.2. The highest BCUT2D eigenvalue weighted by atomic mass is 16.5. The van der Waals surface area contributed by atoms with E-state index in [0.717, 1.165) is 0 Å². The minimum Gasteiger partial charge on any atom is -0.474 e.